The molecular formula is C14H22F3O3PSi. The SMILES string of the molecule is CC[Si](C)(CCC(F)(F)F)COP(C)(=O)Oc1ccccc1. The van der Waals surface area contributed by atoms with Gasteiger partial charge in [0.1, 0.15) is 5.75 Å². The van der Waals surface area contributed by atoms with E-state index in [0.717, 1.165) is 0 Å². The lowest BCUT2D eigenvalue weighted by Gasteiger charge is -2.27. The quantitative estimate of drug-likeness (QED) is 0.457. The second kappa shape index (κ2) is 7.66. The molecule has 0 aromatic heterocycles. The molecule has 0 aliphatic carbocycles. The molecule has 22 heavy (non-hydrogen) atoms. The molecule has 2 atom stereocenters. The molecule has 126 valence electrons. The molecule has 1 aromatic rings. The molecule has 0 radical (unpaired) electrons. The maximum Gasteiger partial charge on any atom is 0.388 e. The predicted octanol–water partition coefficient (Wildman–Crippen LogP) is 5.50. The number of benzene rings is 1. The minimum Gasteiger partial charge on any atom is -0.425 e. The summed E-state index contributed by atoms with van der Waals surface area (Å²) in [5, 5.41) is 0. The maximum absolute atomic E-state index is 12.4. The molecule has 0 fully saturated rings. The zero-order chi connectivity index (χ0) is 16.9. The van der Waals surface area contributed by atoms with E-state index < -0.39 is 28.3 Å². The molecule has 0 heterocycles. The molecule has 0 aliphatic heterocycles. The summed E-state index contributed by atoms with van der Waals surface area (Å²) in [6, 6.07) is 9.28. The number of alkyl halides is 3. The van der Waals surface area contributed by atoms with E-state index in [9.17, 15) is 17.7 Å². The molecule has 0 bridgehead atoms. The smallest absolute Gasteiger partial charge is 0.388 e. The molecule has 0 N–H and O–H groups in total. The van der Waals surface area contributed by atoms with Crippen molar-refractivity contribution < 1.29 is 26.8 Å². The number of halogens is 3. The summed E-state index contributed by atoms with van der Waals surface area (Å²) >= 11 is 0. The van der Waals surface area contributed by atoms with Gasteiger partial charge in [0.2, 0.25) is 0 Å². The van der Waals surface area contributed by atoms with Crippen LogP contribution in [-0.2, 0) is 9.09 Å². The van der Waals surface area contributed by atoms with Crippen molar-refractivity contribution in [1.29, 1.82) is 0 Å². The number of hydrogen-bond acceptors (Lipinski definition) is 3. The van der Waals surface area contributed by atoms with Gasteiger partial charge in [0.25, 0.3) is 0 Å². The minimum absolute atomic E-state index is 0.0678. The van der Waals surface area contributed by atoms with E-state index in [1.54, 1.807) is 30.3 Å². The average Bonchev–Trinajstić information content (AvgIpc) is 2.43. The third kappa shape index (κ3) is 7.47. The Balaban J connectivity index is 2.58. The van der Waals surface area contributed by atoms with Gasteiger partial charge in [-0.1, -0.05) is 37.7 Å². The molecule has 3 nitrogen and oxygen atoms in total. The average molecular weight is 354 g/mol. The van der Waals surface area contributed by atoms with Crippen molar-refractivity contribution in [1.82, 2.24) is 0 Å². The van der Waals surface area contributed by atoms with Crippen LogP contribution in [0, 0.1) is 0 Å². The van der Waals surface area contributed by atoms with Crippen molar-refractivity contribution in [3.8, 4) is 5.75 Å². The van der Waals surface area contributed by atoms with Crippen molar-refractivity contribution in [2.75, 3.05) is 12.9 Å². The highest BCUT2D eigenvalue weighted by Crippen LogP contribution is 2.45. The van der Waals surface area contributed by atoms with Crippen LogP contribution in [0.1, 0.15) is 13.3 Å². The summed E-state index contributed by atoms with van der Waals surface area (Å²) in [6.45, 7) is 5.03. The van der Waals surface area contributed by atoms with Crippen LogP contribution in [0.2, 0.25) is 18.6 Å². The van der Waals surface area contributed by atoms with E-state index in [2.05, 4.69) is 0 Å². The Morgan fingerprint density at radius 2 is 1.82 bits per heavy atom. The van der Waals surface area contributed by atoms with E-state index >= 15 is 0 Å². The van der Waals surface area contributed by atoms with Crippen LogP contribution in [0.5, 0.6) is 5.75 Å². The van der Waals surface area contributed by atoms with Crippen molar-refractivity contribution in [2.45, 2.75) is 38.2 Å². The fourth-order valence-electron chi connectivity index (χ4n) is 1.77. The van der Waals surface area contributed by atoms with E-state index in [0.29, 0.717) is 11.8 Å². The van der Waals surface area contributed by atoms with Gasteiger partial charge < -0.3 is 9.05 Å². The largest absolute Gasteiger partial charge is 0.425 e. The molecule has 1 rings (SSSR count). The first-order chi connectivity index (χ1) is 10.1. The van der Waals surface area contributed by atoms with E-state index in [4.69, 9.17) is 9.05 Å². The number of hydrogen-bond donors (Lipinski definition) is 0. The summed E-state index contributed by atoms with van der Waals surface area (Å²) in [6.07, 6.45) is -4.89. The topological polar surface area (TPSA) is 35.5 Å². The summed E-state index contributed by atoms with van der Waals surface area (Å²) in [7, 11) is -5.59. The second-order valence-corrected chi connectivity index (χ2v) is 12.8. The molecule has 2 unspecified atom stereocenters. The Kier molecular flexibility index (Phi) is 6.71. The van der Waals surface area contributed by atoms with Crippen LogP contribution in [-0.4, -0.2) is 27.1 Å². The van der Waals surface area contributed by atoms with Gasteiger partial charge in [0, 0.05) is 19.3 Å². The Hall–Kier alpha value is -0.783. The molecule has 8 heteroatoms. The highest BCUT2D eigenvalue weighted by atomic mass is 31.2. The molecule has 0 amide bonds. The fraction of sp³-hybridized carbons (Fsp3) is 0.571. The normalized spacial score (nSPS) is 17.5. The standard InChI is InChI=1S/C14H22F3O3PSi/c1-4-22(3,11-10-14(15,16)17)12-19-21(2,18)20-13-8-6-5-7-9-13/h5-9H,4,10-12H2,1-3H3. The van der Waals surface area contributed by atoms with Gasteiger partial charge in [-0.25, -0.2) is 4.57 Å². The molecule has 0 saturated heterocycles. The zero-order valence-corrected chi connectivity index (χ0v) is 14.9. The van der Waals surface area contributed by atoms with Gasteiger partial charge in [-0.05, 0) is 18.2 Å². The molecule has 0 aliphatic rings. The number of para-hydroxylation sites is 1. The van der Waals surface area contributed by atoms with Crippen LogP contribution in [0.15, 0.2) is 30.3 Å². The van der Waals surface area contributed by atoms with Crippen molar-refractivity contribution in [3.63, 3.8) is 0 Å². The lowest BCUT2D eigenvalue weighted by Crippen LogP contribution is -2.36. The fourth-order valence-corrected chi connectivity index (χ4v) is 6.10. The third-order valence-corrected chi connectivity index (χ3v) is 8.92. The van der Waals surface area contributed by atoms with Crippen LogP contribution < -0.4 is 4.52 Å². The maximum atomic E-state index is 12.4. The van der Waals surface area contributed by atoms with Gasteiger partial charge in [-0.3, -0.25) is 0 Å². The summed E-state index contributed by atoms with van der Waals surface area (Å²) in [5.74, 6) is 0.420. The van der Waals surface area contributed by atoms with Crippen LogP contribution in [0.3, 0.4) is 0 Å². The van der Waals surface area contributed by atoms with Crippen molar-refractivity contribution >= 4 is 15.7 Å². The van der Waals surface area contributed by atoms with Crippen LogP contribution in [0.4, 0.5) is 13.2 Å². The van der Waals surface area contributed by atoms with Gasteiger partial charge in [0.05, 0.1) is 8.07 Å². The Bertz CT molecular complexity index is 510. The highest BCUT2D eigenvalue weighted by Gasteiger charge is 2.35. The predicted molar refractivity (Wildman–Crippen MR) is 84.1 cm³/mol. The first-order valence-electron chi connectivity index (χ1n) is 7.09. The van der Waals surface area contributed by atoms with Crippen molar-refractivity contribution in [3.05, 3.63) is 30.3 Å². The lowest BCUT2D eigenvalue weighted by atomic mass is 10.3. The molecule has 0 saturated carbocycles. The van der Waals surface area contributed by atoms with Crippen LogP contribution in [0.25, 0.3) is 0 Å². The molecular weight excluding hydrogens is 332 g/mol. The van der Waals surface area contributed by atoms with E-state index in [-0.39, 0.29) is 12.3 Å². The van der Waals surface area contributed by atoms with E-state index in [1.807, 2.05) is 13.5 Å². The third-order valence-electron chi connectivity index (χ3n) is 3.53. The van der Waals surface area contributed by atoms with Gasteiger partial charge in [-0.2, -0.15) is 13.2 Å². The molecule has 1 aromatic carbocycles. The second-order valence-electron chi connectivity index (χ2n) is 5.73. The number of rotatable bonds is 8. The van der Waals surface area contributed by atoms with Gasteiger partial charge in [-0.15, -0.1) is 0 Å². The summed E-state index contributed by atoms with van der Waals surface area (Å²) in [5.41, 5.74) is 0. The van der Waals surface area contributed by atoms with Crippen LogP contribution >= 0.6 is 7.60 Å². The first-order valence-corrected chi connectivity index (χ1v) is 12.2. The van der Waals surface area contributed by atoms with Gasteiger partial charge >= 0.3 is 13.8 Å². The Labute approximate surface area is 130 Å². The van der Waals surface area contributed by atoms with Gasteiger partial charge in [0.15, 0.2) is 0 Å². The Morgan fingerprint density at radius 1 is 1.23 bits per heavy atom. The highest BCUT2D eigenvalue weighted by molar-refractivity contribution is 7.53. The zero-order valence-electron chi connectivity index (χ0n) is 13.0. The summed E-state index contributed by atoms with van der Waals surface area (Å²) in [4.78, 5) is 0. The van der Waals surface area contributed by atoms with E-state index in [1.165, 1.54) is 6.66 Å². The Morgan fingerprint density at radius 3 is 2.32 bits per heavy atom. The van der Waals surface area contributed by atoms with Crippen molar-refractivity contribution in [2.24, 2.45) is 0 Å². The monoisotopic (exact) mass is 354 g/mol. The minimum atomic E-state index is -4.17. The first kappa shape index (κ1) is 19.3. The summed E-state index contributed by atoms with van der Waals surface area (Å²) < 4.78 is 60.2. The lowest BCUT2D eigenvalue weighted by molar-refractivity contribution is -0.130. The molecule has 0 spiro atoms.